The van der Waals surface area contributed by atoms with Gasteiger partial charge in [0.15, 0.2) is 0 Å². The lowest BCUT2D eigenvalue weighted by atomic mass is 10.2. The minimum Gasteiger partial charge on any atom is -0.322 e. The summed E-state index contributed by atoms with van der Waals surface area (Å²) in [7, 11) is 0. The third kappa shape index (κ3) is 3.36. The Balaban J connectivity index is 2.18. The van der Waals surface area contributed by atoms with Gasteiger partial charge in [0.25, 0.3) is 5.91 Å². The van der Waals surface area contributed by atoms with E-state index in [9.17, 15) is 9.18 Å². The van der Waals surface area contributed by atoms with Crippen LogP contribution < -0.4 is 5.32 Å². The van der Waals surface area contributed by atoms with Crippen molar-refractivity contribution in [1.82, 2.24) is 0 Å². The van der Waals surface area contributed by atoms with E-state index in [-0.39, 0.29) is 15.9 Å². The quantitative estimate of drug-likeness (QED) is 0.830. The molecular weight excluding hydrogens is 329 g/mol. The number of benzene rings is 2. The molecular formula is C14H11BrFNOS. The molecule has 0 atom stereocenters. The SMILES string of the molecule is CSc1ccc(NC(=O)c2cccc(F)c2Br)cc1. The average Bonchev–Trinajstić information content (AvgIpc) is 2.42. The van der Waals surface area contributed by atoms with Crippen LogP contribution in [0.4, 0.5) is 10.1 Å². The molecule has 0 aliphatic rings. The minimum atomic E-state index is -0.453. The van der Waals surface area contributed by atoms with Gasteiger partial charge in [-0.2, -0.15) is 0 Å². The molecule has 2 nitrogen and oxygen atoms in total. The van der Waals surface area contributed by atoms with Crippen LogP contribution in [0.25, 0.3) is 0 Å². The van der Waals surface area contributed by atoms with E-state index >= 15 is 0 Å². The van der Waals surface area contributed by atoms with Crippen LogP contribution in [0.2, 0.25) is 0 Å². The van der Waals surface area contributed by atoms with Crippen LogP contribution in [0.5, 0.6) is 0 Å². The number of rotatable bonds is 3. The molecule has 19 heavy (non-hydrogen) atoms. The zero-order chi connectivity index (χ0) is 13.8. The van der Waals surface area contributed by atoms with Crippen molar-refractivity contribution in [3.8, 4) is 0 Å². The van der Waals surface area contributed by atoms with E-state index in [1.807, 2.05) is 30.5 Å². The van der Waals surface area contributed by atoms with Crippen molar-refractivity contribution < 1.29 is 9.18 Å². The summed E-state index contributed by atoms with van der Waals surface area (Å²) >= 11 is 4.71. The van der Waals surface area contributed by atoms with Gasteiger partial charge in [0.1, 0.15) is 5.82 Å². The maximum Gasteiger partial charge on any atom is 0.256 e. The first-order chi connectivity index (χ1) is 9.11. The summed E-state index contributed by atoms with van der Waals surface area (Å²) in [4.78, 5) is 13.1. The minimum absolute atomic E-state index is 0.174. The summed E-state index contributed by atoms with van der Waals surface area (Å²) in [6.07, 6.45) is 1.98. The van der Waals surface area contributed by atoms with Crippen molar-refractivity contribution in [2.75, 3.05) is 11.6 Å². The van der Waals surface area contributed by atoms with E-state index in [4.69, 9.17) is 0 Å². The second-order valence-electron chi connectivity index (χ2n) is 3.78. The van der Waals surface area contributed by atoms with Crippen molar-refractivity contribution in [2.45, 2.75) is 4.90 Å². The van der Waals surface area contributed by atoms with Gasteiger partial charge in [0.2, 0.25) is 0 Å². The van der Waals surface area contributed by atoms with Crippen LogP contribution in [0.1, 0.15) is 10.4 Å². The summed E-state index contributed by atoms with van der Waals surface area (Å²) in [5, 5.41) is 2.73. The summed E-state index contributed by atoms with van der Waals surface area (Å²) in [6.45, 7) is 0. The molecule has 2 rings (SSSR count). The van der Waals surface area contributed by atoms with Crippen LogP contribution >= 0.6 is 27.7 Å². The molecule has 0 radical (unpaired) electrons. The molecule has 0 heterocycles. The van der Waals surface area contributed by atoms with Gasteiger partial charge in [0.05, 0.1) is 10.0 Å². The van der Waals surface area contributed by atoms with Gasteiger partial charge in [-0.05, 0) is 58.6 Å². The summed E-state index contributed by atoms with van der Waals surface area (Å²) in [5.41, 5.74) is 0.952. The van der Waals surface area contributed by atoms with Gasteiger partial charge in [0, 0.05) is 10.6 Å². The van der Waals surface area contributed by atoms with E-state index < -0.39 is 5.82 Å². The van der Waals surface area contributed by atoms with E-state index in [0.717, 1.165) is 4.90 Å². The van der Waals surface area contributed by atoms with Crippen LogP contribution in [0.3, 0.4) is 0 Å². The molecule has 1 N–H and O–H groups in total. The molecule has 0 aliphatic heterocycles. The molecule has 2 aromatic carbocycles. The van der Waals surface area contributed by atoms with Crippen LogP contribution in [-0.4, -0.2) is 12.2 Å². The first-order valence-electron chi connectivity index (χ1n) is 5.51. The third-order valence-corrected chi connectivity index (χ3v) is 4.09. The normalized spacial score (nSPS) is 10.3. The van der Waals surface area contributed by atoms with Crippen LogP contribution in [-0.2, 0) is 0 Å². The molecule has 0 aliphatic carbocycles. The van der Waals surface area contributed by atoms with Gasteiger partial charge in [-0.25, -0.2) is 4.39 Å². The Morgan fingerprint density at radius 3 is 2.53 bits per heavy atom. The highest BCUT2D eigenvalue weighted by molar-refractivity contribution is 9.10. The molecule has 0 unspecified atom stereocenters. The third-order valence-electron chi connectivity index (χ3n) is 2.54. The Labute approximate surface area is 123 Å². The van der Waals surface area contributed by atoms with Crippen LogP contribution in [0.15, 0.2) is 51.8 Å². The Kier molecular flexibility index (Phi) is 4.61. The topological polar surface area (TPSA) is 29.1 Å². The number of amides is 1. The molecule has 0 spiro atoms. The fourth-order valence-corrected chi connectivity index (χ4v) is 2.40. The number of hydrogen-bond acceptors (Lipinski definition) is 2. The molecule has 0 saturated carbocycles. The fraction of sp³-hybridized carbons (Fsp3) is 0.0714. The van der Waals surface area contributed by atoms with Gasteiger partial charge < -0.3 is 5.32 Å². The highest BCUT2D eigenvalue weighted by Gasteiger charge is 2.13. The predicted molar refractivity (Wildman–Crippen MR) is 80.3 cm³/mol. The number of anilines is 1. The van der Waals surface area contributed by atoms with Crippen molar-refractivity contribution >= 4 is 39.3 Å². The first-order valence-corrected chi connectivity index (χ1v) is 7.53. The number of thioether (sulfide) groups is 1. The summed E-state index contributed by atoms with van der Waals surface area (Å²) in [5.74, 6) is -0.798. The second-order valence-corrected chi connectivity index (χ2v) is 5.46. The van der Waals surface area contributed by atoms with Crippen molar-refractivity contribution in [2.24, 2.45) is 0 Å². The number of hydrogen-bond donors (Lipinski definition) is 1. The van der Waals surface area contributed by atoms with Gasteiger partial charge in [-0.3, -0.25) is 4.79 Å². The Hall–Kier alpha value is -1.33. The van der Waals surface area contributed by atoms with Crippen molar-refractivity contribution in [3.63, 3.8) is 0 Å². The van der Waals surface area contributed by atoms with Gasteiger partial charge in [-0.1, -0.05) is 6.07 Å². The molecule has 0 saturated heterocycles. The zero-order valence-electron chi connectivity index (χ0n) is 10.1. The monoisotopic (exact) mass is 339 g/mol. The zero-order valence-corrected chi connectivity index (χ0v) is 12.5. The Bertz CT molecular complexity index is 601. The lowest BCUT2D eigenvalue weighted by Crippen LogP contribution is -2.12. The largest absolute Gasteiger partial charge is 0.322 e. The van der Waals surface area contributed by atoms with E-state index in [0.29, 0.717) is 5.69 Å². The summed E-state index contributed by atoms with van der Waals surface area (Å²) < 4.78 is 13.5. The molecule has 0 bridgehead atoms. The molecule has 98 valence electrons. The van der Waals surface area contributed by atoms with Crippen LogP contribution in [0, 0.1) is 5.82 Å². The number of carbonyl (C=O) groups excluding carboxylic acids is 1. The number of nitrogens with one attached hydrogen (secondary N) is 1. The van der Waals surface area contributed by atoms with Crippen molar-refractivity contribution in [3.05, 3.63) is 58.3 Å². The van der Waals surface area contributed by atoms with Gasteiger partial charge >= 0.3 is 0 Å². The second kappa shape index (κ2) is 6.21. The van der Waals surface area contributed by atoms with E-state index in [1.165, 1.54) is 12.1 Å². The average molecular weight is 340 g/mol. The van der Waals surface area contributed by atoms with E-state index in [2.05, 4.69) is 21.2 Å². The standard InChI is InChI=1S/C14H11BrFNOS/c1-19-10-7-5-9(6-8-10)17-14(18)11-3-2-4-12(16)13(11)15/h2-8H,1H3,(H,17,18). The maximum absolute atomic E-state index is 13.3. The van der Waals surface area contributed by atoms with E-state index in [1.54, 1.807) is 17.8 Å². The number of halogens is 2. The Morgan fingerprint density at radius 2 is 1.89 bits per heavy atom. The molecule has 0 fully saturated rings. The van der Waals surface area contributed by atoms with Crippen molar-refractivity contribution in [1.29, 1.82) is 0 Å². The fourth-order valence-electron chi connectivity index (χ4n) is 1.55. The molecule has 0 aromatic heterocycles. The predicted octanol–water partition coefficient (Wildman–Crippen LogP) is 4.56. The molecule has 2 aromatic rings. The van der Waals surface area contributed by atoms with Gasteiger partial charge in [-0.15, -0.1) is 11.8 Å². The molecule has 1 amide bonds. The molecule has 5 heteroatoms. The lowest BCUT2D eigenvalue weighted by Gasteiger charge is -2.07. The summed E-state index contributed by atoms with van der Waals surface area (Å²) in [6, 6.07) is 11.8. The maximum atomic E-state index is 13.3. The first kappa shape index (κ1) is 14.1. The number of carbonyl (C=O) groups is 1. The highest BCUT2D eigenvalue weighted by Crippen LogP contribution is 2.22. The lowest BCUT2D eigenvalue weighted by molar-refractivity contribution is 0.102. The Morgan fingerprint density at radius 1 is 1.21 bits per heavy atom. The highest BCUT2D eigenvalue weighted by atomic mass is 79.9. The smallest absolute Gasteiger partial charge is 0.256 e.